The van der Waals surface area contributed by atoms with Gasteiger partial charge in [0.2, 0.25) is 0 Å². The molecule has 19 heavy (non-hydrogen) atoms. The number of anilines is 1. The zero-order valence-electron chi connectivity index (χ0n) is 11.2. The molecule has 0 radical (unpaired) electrons. The Labute approximate surface area is 117 Å². The Morgan fingerprint density at radius 3 is 3.05 bits per heavy atom. The van der Waals surface area contributed by atoms with Crippen LogP contribution in [0.5, 0.6) is 5.75 Å². The molecule has 0 saturated heterocycles. The van der Waals surface area contributed by atoms with Gasteiger partial charge >= 0.3 is 0 Å². The maximum absolute atomic E-state index is 5.51. The Morgan fingerprint density at radius 2 is 2.26 bits per heavy atom. The molecule has 0 aliphatic carbocycles. The molecule has 2 aromatic rings. The fraction of sp³-hybridized carbons (Fsp3) is 0.357. The third kappa shape index (κ3) is 3.94. The van der Waals surface area contributed by atoms with Crippen LogP contribution in [0.15, 0.2) is 30.5 Å². The van der Waals surface area contributed by atoms with Crippen LogP contribution in [0, 0.1) is 0 Å². The van der Waals surface area contributed by atoms with Crippen molar-refractivity contribution >= 4 is 16.5 Å². The van der Waals surface area contributed by atoms with Crippen molar-refractivity contribution in [2.45, 2.75) is 6.92 Å². The van der Waals surface area contributed by atoms with Crippen LogP contribution in [0.2, 0.25) is 0 Å². The van der Waals surface area contributed by atoms with Crippen LogP contribution < -0.4 is 10.1 Å². The Kier molecular flexibility index (Phi) is 5.18. The van der Waals surface area contributed by atoms with Gasteiger partial charge in [-0.2, -0.15) is 0 Å². The van der Waals surface area contributed by atoms with E-state index in [1.165, 1.54) is 0 Å². The maximum Gasteiger partial charge on any atom is 0.183 e. The third-order valence-corrected chi connectivity index (χ3v) is 3.52. The lowest BCUT2D eigenvalue weighted by Crippen LogP contribution is -2.06. The molecule has 0 atom stereocenters. The van der Waals surface area contributed by atoms with Gasteiger partial charge in [0.05, 0.1) is 18.1 Å². The second-order valence-electron chi connectivity index (χ2n) is 3.91. The van der Waals surface area contributed by atoms with Gasteiger partial charge in [-0.05, 0) is 24.6 Å². The molecule has 1 aromatic carbocycles. The van der Waals surface area contributed by atoms with E-state index < -0.39 is 0 Å². The number of ether oxygens (including phenoxy) is 2. The van der Waals surface area contributed by atoms with E-state index in [2.05, 4.69) is 16.4 Å². The standard InChI is InChI=1S/C14H18N2O2S/c1-3-18-12-6-4-5-11(9-12)13-10-16-14(19-13)15-7-8-17-2/h4-6,9-10H,3,7-8H2,1-2H3,(H,15,16). The van der Waals surface area contributed by atoms with Gasteiger partial charge < -0.3 is 14.8 Å². The van der Waals surface area contributed by atoms with Crippen molar-refractivity contribution in [2.75, 3.05) is 32.2 Å². The van der Waals surface area contributed by atoms with Gasteiger partial charge in [-0.25, -0.2) is 4.98 Å². The molecular formula is C14H18N2O2S. The van der Waals surface area contributed by atoms with Crippen molar-refractivity contribution in [3.8, 4) is 16.2 Å². The Hall–Kier alpha value is -1.59. The molecule has 5 heteroatoms. The van der Waals surface area contributed by atoms with Crippen molar-refractivity contribution in [3.63, 3.8) is 0 Å². The van der Waals surface area contributed by atoms with Crippen LogP contribution in [0.1, 0.15) is 6.92 Å². The van der Waals surface area contributed by atoms with E-state index in [-0.39, 0.29) is 0 Å². The van der Waals surface area contributed by atoms with Crippen LogP contribution in [0.3, 0.4) is 0 Å². The molecule has 0 spiro atoms. The normalized spacial score (nSPS) is 10.4. The van der Waals surface area contributed by atoms with Crippen LogP contribution in [-0.4, -0.2) is 31.9 Å². The summed E-state index contributed by atoms with van der Waals surface area (Å²) in [5, 5.41) is 4.14. The van der Waals surface area contributed by atoms with Crippen LogP contribution in [0.4, 0.5) is 5.13 Å². The van der Waals surface area contributed by atoms with Gasteiger partial charge in [-0.1, -0.05) is 23.5 Å². The van der Waals surface area contributed by atoms with Crippen molar-refractivity contribution in [3.05, 3.63) is 30.5 Å². The van der Waals surface area contributed by atoms with E-state index in [9.17, 15) is 0 Å². The van der Waals surface area contributed by atoms with Gasteiger partial charge in [0.1, 0.15) is 5.75 Å². The predicted molar refractivity (Wildman–Crippen MR) is 79.1 cm³/mol. The molecule has 1 N–H and O–H groups in total. The summed E-state index contributed by atoms with van der Waals surface area (Å²) >= 11 is 1.63. The summed E-state index contributed by atoms with van der Waals surface area (Å²) in [5.74, 6) is 0.891. The van der Waals surface area contributed by atoms with Crippen molar-refractivity contribution in [2.24, 2.45) is 0 Å². The average Bonchev–Trinajstić information content (AvgIpc) is 2.89. The first kappa shape index (κ1) is 13.8. The highest BCUT2D eigenvalue weighted by Crippen LogP contribution is 2.30. The molecule has 0 aliphatic heterocycles. The number of rotatable bonds is 7. The van der Waals surface area contributed by atoms with Crippen LogP contribution >= 0.6 is 11.3 Å². The fourth-order valence-corrected chi connectivity index (χ4v) is 2.49. The van der Waals surface area contributed by atoms with Gasteiger partial charge in [0, 0.05) is 19.9 Å². The number of nitrogens with one attached hydrogen (secondary N) is 1. The summed E-state index contributed by atoms with van der Waals surface area (Å²) in [6, 6.07) is 8.06. The van der Waals surface area contributed by atoms with Crippen LogP contribution in [-0.2, 0) is 4.74 Å². The SMILES string of the molecule is CCOc1cccc(-c2cnc(NCCOC)s2)c1. The van der Waals surface area contributed by atoms with Crippen LogP contribution in [0.25, 0.3) is 10.4 Å². The molecule has 1 heterocycles. The molecule has 1 aromatic heterocycles. The summed E-state index contributed by atoms with van der Waals surface area (Å²) in [6.07, 6.45) is 1.88. The number of thiazole rings is 1. The first-order valence-electron chi connectivity index (χ1n) is 6.25. The third-order valence-electron chi connectivity index (χ3n) is 2.52. The Balaban J connectivity index is 2.07. The predicted octanol–water partition coefficient (Wildman–Crippen LogP) is 3.27. The van der Waals surface area contributed by atoms with Crippen molar-refractivity contribution in [1.82, 2.24) is 4.98 Å². The highest BCUT2D eigenvalue weighted by Gasteiger charge is 2.05. The number of benzene rings is 1. The summed E-state index contributed by atoms with van der Waals surface area (Å²) in [6.45, 7) is 4.10. The smallest absolute Gasteiger partial charge is 0.183 e. The summed E-state index contributed by atoms with van der Waals surface area (Å²) in [4.78, 5) is 5.48. The van der Waals surface area contributed by atoms with E-state index in [1.807, 2.05) is 31.3 Å². The number of hydrogen-bond donors (Lipinski definition) is 1. The monoisotopic (exact) mass is 278 g/mol. The lowest BCUT2D eigenvalue weighted by Gasteiger charge is -2.04. The molecular weight excluding hydrogens is 260 g/mol. The minimum Gasteiger partial charge on any atom is -0.494 e. The fourth-order valence-electron chi connectivity index (χ4n) is 1.66. The molecule has 0 amide bonds. The molecule has 102 valence electrons. The number of methoxy groups -OCH3 is 1. The molecule has 0 aliphatic rings. The molecule has 2 rings (SSSR count). The zero-order valence-corrected chi connectivity index (χ0v) is 12.0. The zero-order chi connectivity index (χ0) is 13.5. The molecule has 0 unspecified atom stereocenters. The lowest BCUT2D eigenvalue weighted by molar-refractivity contribution is 0.211. The second-order valence-corrected chi connectivity index (χ2v) is 4.94. The lowest BCUT2D eigenvalue weighted by atomic mass is 10.2. The van der Waals surface area contributed by atoms with Gasteiger partial charge in [-0.3, -0.25) is 0 Å². The Bertz CT molecular complexity index is 514. The molecule has 0 fully saturated rings. The number of hydrogen-bond acceptors (Lipinski definition) is 5. The van der Waals surface area contributed by atoms with Gasteiger partial charge in [0.15, 0.2) is 5.13 Å². The van der Waals surface area contributed by atoms with E-state index >= 15 is 0 Å². The summed E-state index contributed by atoms with van der Waals surface area (Å²) < 4.78 is 10.5. The summed E-state index contributed by atoms with van der Waals surface area (Å²) in [7, 11) is 1.69. The highest BCUT2D eigenvalue weighted by atomic mass is 32.1. The minimum absolute atomic E-state index is 0.675. The van der Waals surface area contributed by atoms with E-state index in [0.29, 0.717) is 13.2 Å². The number of aromatic nitrogens is 1. The van der Waals surface area contributed by atoms with Crippen molar-refractivity contribution in [1.29, 1.82) is 0 Å². The Morgan fingerprint density at radius 1 is 1.37 bits per heavy atom. The molecule has 0 bridgehead atoms. The minimum atomic E-state index is 0.675. The van der Waals surface area contributed by atoms with E-state index in [4.69, 9.17) is 9.47 Å². The largest absolute Gasteiger partial charge is 0.494 e. The average molecular weight is 278 g/mol. The maximum atomic E-state index is 5.51. The van der Waals surface area contributed by atoms with E-state index in [1.54, 1.807) is 18.4 Å². The first-order valence-corrected chi connectivity index (χ1v) is 7.07. The molecule has 4 nitrogen and oxygen atoms in total. The molecule has 0 saturated carbocycles. The van der Waals surface area contributed by atoms with Crippen molar-refractivity contribution < 1.29 is 9.47 Å². The van der Waals surface area contributed by atoms with Gasteiger partial charge in [0.25, 0.3) is 0 Å². The van der Waals surface area contributed by atoms with Gasteiger partial charge in [-0.15, -0.1) is 0 Å². The first-order chi connectivity index (χ1) is 9.33. The topological polar surface area (TPSA) is 43.4 Å². The second kappa shape index (κ2) is 7.11. The highest BCUT2D eigenvalue weighted by molar-refractivity contribution is 7.18. The summed E-state index contributed by atoms with van der Waals surface area (Å²) in [5.41, 5.74) is 1.13. The quantitative estimate of drug-likeness (QED) is 0.789. The number of nitrogens with zero attached hydrogens (tertiary/aromatic N) is 1. The van der Waals surface area contributed by atoms with E-state index in [0.717, 1.165) is 27.9 Å².